The fraction of sp³-hybridized carbons (Fsp3) is 0.455. The maximum atomic E-state index is 11.9. The monoisotopic (exact) mass is 301 g/mol. The van der Waals surface area contributed by atoms with Crippen LogP contribution < -0.4 is 5.73 Å². The average Bonchev–Trinajstić information content (AvgIpc) is 2.38. The second kappa shape index (κ2) is 7.06. The SMILES string of the molecule is CCC(N)CS(=O)Cc1ccc([N+](=O)[O-])cc1[N+](=O)[O-]. The van der Waals surface area contributed by atoms with Gasteiger partial charge in [-0.1, -0.05) is 6.92 Å². The van der Waals surface area contributed by atoms with Gasteiger partial charge < -0.3 is 5.73 Å². The van der Waals surface area contributed by atoms with Gasteiger partial charge in [0.15, 0.2) is 0 Å². The lowest BCUT2D eigenvalue weighted by Gasteiger charge is -2.08. The summed E-state index contributed by atoms with van der Waals surface area (Å²) in [6.45, 7) is 1.86. The van der Waals surface area contributed by atoms with E-state index in [4.69, 9.17) is 5.73 Å². The molecule has 9 heteroatoms. The minimum absolute atomic E-state index is 0.0397. The lowest BCUT2D eigenvalue weighted by Crippen LogP contribution is -2.26. The molecule has 1 aromatic carbocycles. The smallest absolute Gasteiger partial charge is 0.280 e. The van der Waals surface area contributed by atoms with Gasteiger partial charge in [-0.3, -0.25) is 24.4 Å². The van der Waals surface area contributed by atoms with Gasteiger partial charge in [0, 0.05) is 34.2 Å². The number of nitro groups is 2. The summed E-state index contributed by atoms with van der Waals surface area (Å²) in [5, 5.41) is 21.5. The number of non-ortho nitro benzene ring substituents is 1. The molecule has 0 aliphatic rings. The van der Waals surface area contributed by atoms with Crippen LogP contribution in [0.25, 0.3) is 0 Å². The maximum absolute atomic E-state index is 11.9. The highest BCUT2D eigenvalue weighted by Gasteiger charge is 2.21. The van der Waals surface area contributed by atoms with Crippen molar-refractivity contribution in [3.05, 3.63) is 44.0 Å². The normalized spacial score (nSPS) is 13.7. The van der Waals surface area contributed by atoms with E-state index >= 15 is 0 Å². The van der Waals surface area contributed by atoms with E-state index in [0.717, 1.165) is 6.07 Å². The Morgan fingerprint density at radius 3 is 2.45 bits per heavy atom. The van der Waals surface area contributed by atoms with Crippen molar-refractivity contribution in [3.63, 3.8) is 0 Å². The third kappa shape index (κ3) is 4.35. The summed E-state index contributed by atoms with van der Waals surface area (Å²) in [4.78, 5) is 20.1. The molecule has 0 heterocycles. The van der Waals surface area contributed by atoms with Crippen LogP contribution >= 0.6 is 0 Å². The summed E-state index contributed by atoms with van der Waals surface area (Å²) in [5.74, 6) is 0.201. The summed E-state index contributed by atoms with van der Waals surface area (Å²) < 4.78 is 11.9. The number of nitrogens with zero attached hydrogens (tertiary/aromatic N) is 2. The van der Waals surface area contributed by atoms with Crippen molar-refractivity contribution < 1.29 is 14.1 Å². The molecule has 0 aromatic heterocycles. The predicted molar refractivity (Wildman–Crippen MR) is 74.7 cm³/mol. The Bertz CT molecular complexity index is 549. The van der Waals surface area contributed by atoms with Gasteiger partial charge in [0.25, 0.3) is 11.4 Å². The number of hydrogen-bond donors (Lipinski definition) is 1. The Labute approximate surface area is 117 Å². The van der Waals surface area contributed by atoms with Crippen molar-refractivity contribution in [3.8, 4) is 0 Å². The van der Waals surface area contributed by atoms with Crippen molar-refractivity contribution in [2.45, 2.75) is 25.1 Å². The topological polar surface area (TPSA) is 129 Å². The molecule has 0 saturated heterocycles. The highest BCUT2D eigenvalue weighted by atomic mass is 32.2. The molecule has 0 spiro atoms. The van der Waals surface area contributed by atoms with Gasteiger partial charge in [-0.25, -0.2) is 0 Å². The summed E-state index contributed by atoms with van der Waals surface area (Å²) >= 11 is 0. The molecule has 8 nitrogen and oxygen atoms in total. The largest absolute Gasteiger partial charge is 0.327 e. The van der Waals surface area contributed by atoms with E-state index in [1.54, 1.807) is 0 Å². The molecule has 0 saturated carbocycles. The third-order valence-electron chi connectivity index (χ3n) is 2.72. The first kappa shape index (κ1) is 16.2. The van der Waals surface area contributed by atoms with E-state index in [9.17, 15) is 24.4 Å². The summed E-state index contributed by atoms with van der Waals surface area (Å²) in [6, 6.07) is 3.09. The minimum atomic E-state index is -1.34. The van der Waals surface area contributed by atoms with Gasteiger partial charge in [-0.15, -0.1) is 0 Å². The Kier molecular flexibility index (Phi) is 5.71. The third-order valence-corrected chi connectivity index (χ3v) is 4.15. The van der Waals surface area contributed by atoms with Gasteiger partial charge in [-0.2, -0.15) is 0 Å². The predicted octanol–water partition coefficient (Wildman–Crippen LogP) is 1.49. The number of benzene rings is 1. The van der Waals surface area contributed by atoms with Crippen molar-refractivity contribution in [1.82, 2.24) is 0 Å². The summed E-state index contributed by atoms with van der Waals surface area (Å²) in [5.41, 5.74) is 5.13. The zero-order valence-electron chi connectivity index (χ0n) is 10.9. The molecule has 2 N–H and O–H groups in total. The number of rotatable bonds is 7. The van der Waals surface area contributed by atoms with E-state index in [1.807, 2.05) is 6.92 Å². The van der Waals surface area contributed by atoms with E-state index in [1.165, 1.54) is 12.1 Å². The Hall–Kier alpha value is -1.87. The highest BCUT2D eigenvalue weighted by Crippen LogP contribution is 2.25. The Morgan fingerprint density at radius 1 is 1.30 bits per heavy atom. The first-order valence-electron chi connectivity index (χ1n) is 5.87. The van der Waals surface area contributed by atoms with Crippen molar-refractivity contribution >= 4 is 22.2 Å². The van der Waals surface area contributed by atoms with E-state index in [-0.39, 0.29) is 28.8 Å². The lowest BCUT2D eigenvalue weighted by molar-refractivity contribution is -0.394. The van der Waals surface area contributed by atoms with Crippen LogP contribution in [0, 0.1) is 20.2 Å². The molecule has 0 radical (unpaired) electrons. The molecule has 0 amide bonds. The molecule has 2 atom stereocenters. The van der Waals surface area contributed by atoms with Crippen molar-refractivity contribution in [2.75, 3.05) is 5.75 Å². The fourth-order valence-electron chi connectivity index (χ4n) is 1.55. The van der Waals surface area contributed by atoms with Crippen LogP contribution in [-0.4, -0.2) is 25.9 Å². The average molecular weight is 301 g/mol. The Morgan fingerprint density at radius 2 is 1.95 bits per heavy atom. The van der Waals surface area contributed by atoms with Gasteiger partial charge in [0.1, 0.15) is 0 Å². The molecule has 0 aliphatic heterocycles. The molecule has 0 aliphatic carbocycles. The van der Waals surface area contributed by atoms with Crippen LogP contribution in [0.15, 0.2) is 18.2 Å². The molecule has 0 bridgehead atoms. The molecule has 0 fully saturated rings. The van der Waals surface area contributed by atoms with Crippen LogP contribution in [0.2, 0.25) is 0 Å². The van der Waals surface area contributed by atoms with Crippen LogP contribution in [0.3, 0.4) is 0 Å². The van der Waals surface area contributed by atoms with Crippen molar-refractivity contribution in [2.24, 2.45) is 5.73 Å². The van der Waals surface area contributed by atoms with Gasteiger partial charge >= 0.3 is 0 Å². The molecule has 110 valence electrons. The lowest BCUT2D eigenvalue weighted by atomic mass is 10.2. The number of hydrogen-bond acceptors (Lipinski definition) is 6. The highest BCUT2D eigenvalue weighted by molar-refractivity contribution is 7.84. The standard InChI is InChI=1S/C11H15N3O5S/c1-2-9(12)7-20(19)6-8-3-4-10(13(15)16)5-11(8)14(17)18/h3-5,9H,2,6-7,12H2,1H3. The van der Waals surface area contributed by atoms with Crippen LogP contribution in [0.5, 0.6) is 0 Å². The fourth-order valence-corrected chi connectivity index (χ4v) is 2.97. The van der Waals surface area contributed by atoms with E-state index in [0.29, 0.717) is 6.42 Å². The molecule has 1 aromatic rings. The quantitative estimate of drug-likeness (QED) is 0.599. The van der Waals surface area contributed by atoms with Crippen LogP contribution in [0.4, 0.5) is 11.4 Å². The van der Waals surface area contributed by atoms with Gasteiger partial charge in [-0.05, 0) is 12.5 Å². The maximum Gasteiger partial charge on any atom is 0.280 e. The van der Waals surface area contributed by atoms with E-state index in [2.05, 4.69) is 0 Å². The zero-order chi connectivity index (χ0) is 15.3. The molecule has 1 rings (SSSR count). The molecule has 2 unspecified atom stereocenters. The number of nitro benzene ring substituents is 2. The number of nitrogens with two attached hydrogens (primary N) is 1. The molecular weight excluding hydrogens is 286 g/mol. The second-order valence-electron chi connectivity index (χ2n) is 4.25. The molecular formula is C11H15N3O5S. The first-order valence-corrected chi connectivity index (χ1v) is 7.36. The molecule has 20 heavy (non-hydrogen) atoms. The van der Waals surface area contributed by atoms with Gasteiger partial charge in [0.05, 0.1) is 21.7 Å². The van der Waals surface area contributed by atoms with Crippen molar-refractivity contribution in [1.29, 1.82) is 0 Å². The summed E-state index contributed by atoms with van der Waals surface area (Å²) in [6.07, 6.45) is 0.661. The summed E-state index contributed by atoms with van der Waals surface area (Å²) in [7, 11) is -1.34. The van der Waals surface area contributed by atoms with E-state index < -0.39 is 26.3 Å². The zero-order valence-corrected chi connectivity index (χ0v) is 11.7. The Balaban J connectivity index is 2.97. The first-order chi connectivity index (χ1) is 9.35. The minimum Gasteiger partial charge on any atom is -0.327 e. The van der Waals surface area contributed by atoms with Crippen LogP contribution in [0.1, 0.15) is 18.9 Å². The second-order valence-corrected chi connectivity index (χ2v) is 5.75. The van der Waals surface area contributed by atoms with Gasteiger partial charge in [0.2, 0.25) is 0 Å². The van der Waals surface area contributed by atoms with Crippen LogP contribution in [-0.2, 0) is 16.6 Å².